The fourth-order valence-corrected chi connectivity index (χ4v) is 5.02. The van der Waals surface area contributed by atoms with Crippen LogP contribution in [0.3, 0.4) is 0 Å². The first kappa shape index (κ1) is 21.9. The van der Waals surface area contributed by atoms with Gasteiger partial charge >= 0.3 is 0 Å². The van der Waals surface area contributed by atoms with Crippen LogP contribution in [0.1, 0.15) is 23.6 Å². The third-order valence-corrected chi connectivity index (χ3v) is 6.75. The van der Waals surface area contributed by atoms with Gasteiger partial charge in [0.05, 0.1) is 11.6 Å². The van der Waals surface area contributed by atoms with Gasteiger partial charge < -0.3 is 9.26 Å². The quantitative estimate of drug-likeness (QED) is 0.303. The van der Waals surface area contributed by atoms with Crippen molar-refractivity contribution in [1.82, 2.24) is 0 Å². The first-order chi connectivity index (χ1) is 16.0. The molecule has 1 heterocycles. The van der Waals surface area contributed by atoms with E-state index in [0.717, 1.165) is 11.1 Å². The summed E-state index contributed by atoms with van der Waals surface area (Å²) in [7, 11) is -3.41. The second-order valence-electron chi connectivity index (χ2n) is 7.31. The molecule has 0 N–H and O–H groups in total. The summed E-state index contributed by atoms with van der Waals surface area (Å²) >= 11 is 0. The molecule has 0 fully saturated rings. The molecule has 0 radical (unpaired) electrons. The summed E-state index contributed by atoms with van der Waals surface area (Å²) < 4.78 is 25.9. The summed E-state index contributed by atoms with van der Waals surface area (Å²) in [6.45, 7) is 1.71. The standard InChI is InChI=1S/C27H19N2O3P/c1-20(24(16-28)17-29)21-12-14-25(15-13-21)32-33(30)18-26(22-8-4-2-5-9-22)31-27(19-33)23-10-6-3-7-11-23/h2-15,18-19H,1H3. The molecule has 0 atom stereocenters. The predicted molar refractivity (Wildman–Crippen MR) is 128 cm³/mol. The summed E-state index contributed by atoms with van der Waals surface area (Å²) in [4.78, 5) is 0. The van der Waals surface area contributed by atoms with Gasteiger partial charge in [-0.05, 0) is 30.2 Å². The van der Waals surface area contributed by atoms with E-state index in [-0.39, 0.29) is 5.57 Å². The molecule has 0 saturated carbocycles. The van der Waals surface area contributed by atoms with Crippen molar-refractivity contribution in [3.8, 4) is 17.9 Å². The van der Waals surface area contributed by atoms with E-state index in [1.165, 1.54) is 11.6 Å². The second kappa shape index (κ2) is 9.45. The Morgan fingerprint density at radius 1 is 0.788 bits per heavy atom. The van der Waals surface area contributed by atoms with Crippen LogP contribution in [0, 0.1) is 22.7 Å². The maximum atomic E-state index is 13.8. The highest BCUT2D eigenvalue weighted by Crippen LogP contribution is 2.57. The van der Waals surface area contributed by atoms with Crippen molar-refractivity contribution in [3.63, 3.8) is 0 Å². The number of allylic oxidation sites excluding steroid dienone is 2. The van der Waals surface area contributed by atoms with Gasteiger partial charge in [0, 0.05) is 11.1 Å². The molecule has 4 rings (SSSR count). The molecule has 1 aliphatic rings. The van der Waals surface area contributed by atoms with E-state index in [1.54, 1.807) is 31.2 Å². The third kappa shape index (κ3) is 4.96. The van der Waals surface area contributed by atoms with Crippen molar-refractivity contribution in [2.45, 2.75) is 6.92 Å². The highest BCUT2D eigenvalue weighted by Gasteiger charge is 2.29. The molecular formula is C27H19N2O3P. The smallest absolute Gasteiger partial charge is 0.300 e. The van der Waals surface area contributed by atoms with Gasteiger partial charge in [0.2, 0.25) is 0 Å². The number of ether oxygens (including phenoxy) is 1. The highest BCUT2D eigenvalue weighted by atomic mass is 31.2. The first-order valence-corrected chi connectivity index (χ1v) is 11.9. The lowest BCUT2D eigenvalue weighted by Crippen LogP contribution is -2.01. The average molecular weight is 450 g/mol. The fraction of sp³-hybridized carbons (Fsp3) is 0.0370. The Bertz CT molecular complexity index is 1320. The highest BCUT2D eigenvalue weighted by molar-refractivity contribution is 7.66. The second-order valence-corrected chi connectivity index (χ2v) is 9.29. The molecule has 0 amide bonds. The number of hydrogen-bond donors (Lipinski definition) is 0. The van der Waals surface area contributed by atoms with Crippen molar-refractivity contribution in [3.05, 3.63) is 119 Å². The lowest BCUT2D eigenvalue weighted by atomic mass is 10.0. The Labute approximate surface area is 192 Å². The van der Waals surface area contributed by atoms with E-state index in [1.807, 2.05) is 72.8 Å². The summed E-state index contributed by atoms with van der Waals surface area (Å²) in [5.41, 5.74) is 2.92. The maximum absolute atomic E-state index is 13.8. The number of nitriles is 2. The van der Waals surface area contributed by atoms with Crippen molar-refractivity contribution in [1.29, 1.82) is 10.5 Å². The number of nitrogens with zero attached hydrogens (tertiary/aromatic N) is 2. The van der Waals surface area contributed by atoms with Crippen molar-refractivity contribution >= 4 is 24.5 Å². The zero-order valence-corrected chi connectivity index (χ0v) is 18.7. The number of hydrogen-bond acceptors (Lipinski definition) is 5. The Kier molecular flexibility index (Phi) is 6.27. The van der Waals surface area contributed by atoms with Crippen LogP contribution in [-0.4, -0.2) is 0 Å². The van der Waals surface area contributed by atoms with Crippen LogP contribution in [0.25, 0.3) is 17.1 Å². The zero-order chi connectivity index (χ0) is 23.3. The van der Waals surface area contributed by atoms with Gasteiger partial charge in [0.1, 0.15) is 35.0 Å². The van der Waals surface area contributed by atoms with Gasteiger partial charge in [-0.15, -0.1) is 0 Å². The van der Waals surface area contributed by atoms with Gasteiger partial charge in [0.15, 0.2) is 0 Å². The van der Waals surface area contributed by atoms with E-state index in [9.17, 15) is 4.57 Å². The van der Waals surface area contributed by atoms with Crippen LogP contribution in [0.15, 0.2) is 102 Å². The normalized spacial score (nSPS) is 13.9. The van der Waals surface area contributed by atoms with E-state index in [0.29, 0.717) is 28.4 Å². The molecule has 3 aromatic rings. The van der Waals surface area contributed by atoms with E-state index < -0.39 is 7.37 Å². The Morgan fingerprint density at radius 2 is 1.27 bits per heavy atom. The summed E-state index contributed by atoms with van der Waals surface area (Å²) in [6, 6.07) is 29.5. The molecular weight excluding hydrogens is 431 g/mol. The lowest BCUT2D eigenvalue weighted by molar-refractivity contribution is 0.458. The molecule has 0 spiro atoms. The van der Waals surface area contributed by atoms with E-state index in [4.69, 9.17) is 19.8 Å². The van der Waals surface area contributed by atoms with Gasteiger partial charge in [-0.1, -0.05) is 72.8 Å². The van der Waals surface area contributed by atoms with Crippen LogP contribution in [0.4, 0.5) is 0 Å². The first-order valence-electron chi connectivity index (χ1n) is 10.2. The SMILES string of the molecule is CC(=C(C#N)C#N)c1ccc(OP2(=O)C=C(c3ccccc3)OC(c3ccccc3)=C2)cc1. The molecule has 0 bridgehead atoms. The van der Waals surface area contributed by atoms with Crippen molar-refractivity contribution < 1.29 is 13.8 Å². The van der Waals surface area contributed by atoms with Crippen LogP contribution < -0.4 is 4.52 Å². The van der Waals surface area contributed by atoms with Crippen molar-refractivity contribution in [2.75, 3.05) is 0 Å². The fourth-order valence-electron chi connectivity index (χ4n) is 3.33. The Balaban J connectivity index is 1.70. The van der Waals surface area contributed by atoms with Gasteiger partial charge in [-0.3, -0.25) is 4.57 Å². The maximum Gasteiger partial charge on any atom is 0.300 e. The average Bonchev–Trinajstić information content (AvgIpc) is 2.85. The Morgan fingerprint density at radius 3 is 1.73 bits per heavy atom. The minimum absolute atomic E-state index is 0.0479. The minimum atomic E-state index is -3.41. The van der Waals surface area contributed by atoms with Crippen LogP contribution in [0.2, 0.25) is 0 Å². The Hall–Kier alpha value is -4.31. The van der Waals surface area contributed by atoms with Crippen molar-refractivity contribution in [2.24, 2.45) is 0 Å². The molecule has 33 heavy (non-hydrogen) atoms. The monoisotopic (exact) mass is 450 g/mol. The molecule has 0 unspecified atom stereocenters. The molecule has 5 nitrogen and oxygen atoms in total. The van der Waals surface area contributed by atoms with Gasteiger partial charge in [-0.25, -0.2) is 0 Å². The van der Waals surface area contributed by atoms with E-state index in [2.05, 4.69) is 0 Å². The van der Waals surface area contributed by atoms with Crippen LogP contribution >= 0.6 is 7.37 Å². The molecule has 160 valence electrons. The molecule has 0 aromatic heterocycles. The van der Waals surface area contributed by atoms with Crippen LogP contribution in [0.5, 0.6) is 5.75 Å². The van der Waals surface area contributed by atoms with Gasteiger partial charge in [0.25, 0.3) is 7.37 Å². The third-order valence-electron chi connectivity index (χ3n) is 5.06. The van der Waals surface area contributed by atoms with E-state index >= 15 is 0 Å². The predicted octanol–water partition coefficient (Wildman–Crippen LogP) is 7.19. The molecule has 6 heteroatoms. The molecule has 1 aliphatic heterocycles. The number of benzene rings is 3. The minimum Gasteiger partial charge on any atom is -0.456 e. The molecule has 0 aliphatic carbocycles. The summed E-state index contributed by atoms with van der Waals surface area (Å²) in [5.74, 6) is 4.38. The topological polar surface area (TPSA) is 83.1 Å². The lowest BCUT2D eigenvalue weighted by Gasteiger charge is -2.23. The zero-order valence-electron chi connectivity index (χ0n) is 17.8. The van der Waals surface area contributed by atoms with Gasteiger partial charge in [-0.2, -0.15) is 10.5 Å². The summed E-state index contributed by atoms with van der Waals surface area (Å²) in [5, 5.41) is 18.2. The summed E-state index contributed by atoms with van der Waals surface area (Å²) in [6.07, 6.45) is 0. The molecule has 0 saturated heterocycles. The molecule has 3 aromatic carbocycles. The number of rotatable bonds is 5. The van der Waals surface area contributed by atoms with Crippen LogP contribution in [-0.2, 0) is 9.30 Å². The largest absolute Gasteiger partial charge is 0.456 e.